The monoisotopic (exact) mass is 292 g/mol. The number of nitrogens with zero attached hydrogens (tertiary/aromatic N) is 2. The van der Waals surface area contributed by atoms with Gasteiger partial charge in [-0.05, 0) is 31.3 Å². The van der Waals surface area contributed by atoms with E-state index in [1.54, 1.807) is 0 Å². The molecule has 2 rings (SSSR count). The second-order valence-electron chi connectivity index (χ2n) is 5.17. The van der Waals surface area contributed by atoms with Crippen LogP contribution in [-0.4, -0.2) is 55.8 Å². The topological polar surface area (TPSA) is 30.5 Å². The fraction of sp³-hybridized carbons (Fsp3) is 0.533. The Balaban J connectivity index is 1.77. The molecule has 1 aromatic rings. The maximum Gasteiger partial charge on any atom is 0.166 e. The number of hydrogen-bond donors (Lipinski definition) is 2. The Kier molecular flexibility index (Phi) is 5.61. The smallest absolute Gasteiger partial charge is 0.166 e. The van der Waals surface area contributed by atoms with Crippen LogP contribution in [0, 0.1) is 0 Å². The van der Waals surface area contributed by atoms with E-state index in [1.165, 1.54) is 5.69 Å². The molecule has 1 heterocycles. The summed E-state index contributed by atoms with van der Waals surface area (Å²) in [5.74, 6) is 0. The minimum absolute atomic E-state index is 0.499. The van der Waals surface area contributed by atoms with Crippen LogP contribution in [0.2, 0.25) is 0 Å². The van der Waals surface area contributed by atoms with Crippen molar-refractivity contribution < 1.29 is 0 Å². The summed E-state index contributed by atoms with van der Waals surface area (Å²) in [5.41, 5.74) is 1.33. The zero-order chi connectivity index (χ0) is 14.4. The molecule has 0 bridgehead atoms. The number of hydrogen-bond acceptors (Lipinski definition) is 3. The van der Waals surface area contributed by atoms with Crippen molar-refractivity contribution in [3.05, 3.63) is 30.3 Å². The molecule has 1 fully saturated rings. The molecule has 0 aromatic heterocycles. The molecule has 1 aliphatic rings. The van der Waals surface area contributed by atoms with Gasteiger partial charge in [-0.2, -0.15) is 0 Å². The largest absolute Gasteiger partial charge is 0.369 e. The highest BCUT2D eigenvalue weighted by atomic mass is 32.1. The van der Waals surface area contributed by atoms with Crippen LogP contribution in [0.1, 0.15) is 6.92 Å². The third kappa shape index (κ3) is 4.08. The summed E-state index contributed by atoms with van der Waals surface area (Å²) in [5, 5.41) is 6.90. The van der Waals surface area contributed by atoms with Gasteiger partial charge in [-0.3, -0.25) is 4.90 Å². The van der Waals surface area contributed by atoms with Crippen molar-refractivity contribution in [2.75, 3.05) is 44.7 Å². The molecule has 1 atom stereocenters. The first-order valence-electron chi connectivity index (χ1n) is 7.20. The van der Waals surface area contributed by atoms with Crippen LogP contribution in [0.3, 0.4) is 0 Å². The van der Waals surface area contributed by atoms with Crippen molar-refractivity contribution in [3.63, 3.8) is 0 Å². The molecular formula is C15H24N4S. The van der Waals surface area contributed by atoms with Crippen molar-refractivity contribution in [2.45, 2.75) is 13.0 Å². The first kappa shape index (κ1) is 15.1. The van der Waals surface area contributed by atoms with Gasteiger partial charge < -0.3 is 15.5 Å². The third-order valence-corrected chi connectivity index (χ3v) is 4.19. The van der Waals surface area contributed by atoms with E-state index in [9.17, 15) is 0 Å². The van der Waals surface area contributed by atoms with Gasteiger partial charge in [0, 0.05) is 51.5 Å². The summed E-state index contributed by atoms with van der Waals surface area (Å²) < 4.78 is 0. The quantitative estimate of drug-likeness (QED) is 0.817. The Bertz CT molecular complexity index is 415. The third-order valence-electron chi connectivity index (χ3n) is 3.84. The van der Waals surface area contributed by atoms with Crippen LogP contribution in [0.5, 0.6) is 0 Å². The summed E-state index contributed by atoms with van der Waals surface area (Å²) >= 11 is 5.11. The lowest BCUT2D eigenvalue weighted by atomic mass is 10.2. The van der Waals surface area contributed by atoms with E-state index < -0.39 is 0 Å². The number of thiocarbonyl (C=S) groups is 1. The van der Waals surface area contributed by atoms with Crippen LogP contribution < -0.4 is 15.5 Å². The standard InChI is InChI=1S/C15H24N4S/c1-13(12-17-15(20)16-2)18-8-10-19(11-9-18)14-6-4-3-5-7-14/h3-7,13H,8-12H2,1-2H3,(H2,16,17,20)/t13-/m0/s1. The predicted molar refractivity (Wildman–Crippen MR) is 89.4 cm³/mol. The maximum absolute atomic E-state index is 5.11. The van der Waals surface area contributed by atoms with Gasteiger partial charge in [0.15, 0.2) is 5.11 Å². The van der Waals surface area contributed by atoms with Crippen LogP contribution in [0.25, 0.3) is 0 Å². The average molecular weight is 292 g/mol. The molecule has 0 saturated carbocycles. The fourth-order valence-electron chi connectivity index (χ4n) is 2.52. The van der Waals surface area contributed by atoms with E-state index in [2.05, 4.69) is 57.7 Å². The van der Waals surface area contributed by atoms with Gasteiger partial charge in [-0.15, -0.1) is 0 Å². The van der Waals surface area contributed by atoms with Crippen molar-refractivity contribution in [1.29, 1.82) is 0 Å². The van der Waals surface area contributed by atoms with Gasteiger partial charge in [0.2, 0.25) is 0 Å². The molecule has 110 valence electrons. The van der Waals surface area contributed by atoms with Crippen LogP contribution in [-0.2, 0) is 0 Å². The summed E-state index contributed by atoms with van der Waals surface area (Å²) in [6.07, 6.45) is 0. The summed E-state index contributed by atoms with van der Waals surface area (Å²) in [6, 6.07) is 11.1. The first-order valence-corrected chi connectivity index (χ1v) is 7.61. The molecule has 0 aliphatic carbocycles. The van der Waals surface area contributed by atoms with Gasteiger partial charge in [0.05, 0.1) is 0 Å². The predicted octanol–water partition coefficient (Wildman–Crippen LogP) is 1.29. The molecule has 1 saturated heterocycles. The molecule has 4 nitrogen and oxygen atoms in total. The van der Waals surface area contributed by atoms with Gasteiger partial charge in [0.25, 0.3) is 0 Å². The number of benzene rings is 1. The lowest BCUT2D eigenvalue weighted by Gasteiger charge is -2.39. The Morgan fingerprint density at radius 1 is 1.20 bits per heavy atom. The molecule has 20 heavy (non-hydrogen) atoms. The van der Waals surface area contributed by atoms with Gasteiger partial charge in [0.1, 0.15) is 0 Å². The molecule has 1 aromatic carbocycles. The van der Waals surface area contributed by atoms with Crippen LogP contribution >= 0.6 is 12.2 Å². The van der Waals surface area contributed by atoms with E-state index in [0.29, 0.717) is 6.04 Å². The maximum atomic E-state index is 5.11. The molecule has 0 amide bonds. The number of para-hydroxylation sites is 1. The van der Waals surface area contributed by atoms with Crippen molar-refractivity contribution in [2.24, 2.45) is 0 Å². The van der Waals surface area contributed by atoms with Crippen molar-refractivity contribution in [1.82, 2.24) is 15.5 Å². The van der Waals surface area contributed by atoms with E-state index >= 15 is 0 Å². The number of anilines is 1. The molecule has 0 radical (unpaired) electrons. The first-order chi connectivity index (χ1) is 9.70. The molecule has 0 spiro atoms. The summed E-state index contributed by atoms with van der Waals surface area (Å²) in [7, 11) is 1.85. The molecular weight excluding hydrogens is 268 g/mol. The Morgan fingerprint density at radius 2 is 1.85 bits per heavy atom. The molecule has 5 heteroatoms. The SMILES string of the molecule is CNC(=S)NC[C@H](C)N1CCN(c2ccccc2)CC1. The van der Waals surface area contributed by atoms with E-state index in [4.69, 9.17) is 12.2 Å². The Labute approximate surface area is 127 Å². The highest BCUT2D eigenvalue weighted by Crippen LogP contribution is 2.16. The molecule has 1 aliphatic heterocycles. The molecule has 0 unspecified atom stereocenters. The minimum atomic E-state index is 0.499. The lowest BCUT2D eigenvalue weighted by Crippen LogP contribution is -2.52. The zero-order valence-corrected chi connectivity index (χ0v) is 13.1. The fourth-order valence-corrected chi connectivity index (χ4v) is 2.60. The lowest BCUT2D eigenvalue weighted by molar-refractivity contribution is 0.197. The van der Waals surface area contributed by atoms with E-state index in [0.717, 1.165) is 37.8 Å². The van der Waals surface area contributed by atoms with E-state index in [1.807, 2.05) is 7.05 Å². The minimum Gasteiger partial charge on any atom is -0.369 e. The summed E-state index contributed by atoms with van der Waals surface area (Å²) in [4.78, 5) is 4.97. The number of piperazine rings is 1. The number of nitrogens with one attached hydrogen (secondary N) is 2. The highest BCUT2D eigenvalue weighted by Gasteiger charge is 2.21. The Morgan fingerprint density at radius 3 is 2.45 bits per heavy atom. The van der Waals surface area contributed by atoms with Gasteiger partial charge >= 0.3 is 0 Å². The number of rotatable bonds is 4. The normalized spacial score (nSPS) is 17.6. The van der Waals surface area contributed by atoms with Crippen molar-refractivity contribution in [3.8, 4) is 0 Å². The van der Waals surface area contributed by atoms with Gasteiger partial charge in [-0.1, -0.05) is 18.2 Å². The van der Waals surface area contributed by atoms with Gasteiger partial charge in [-0.25, -0.2) is 0 Å². The van der Waals surface area contributed by atoms with Crippen LogP contribution in [0.15, 0.2) is 30.3 Å². The Hall–Kier alpha value is -1.33. The average Bonchev–Trinajstić information content (AvgIpc) is 2.53. The molecule has 2 N–H and O–H groups in total. The van der Waals surface area contributed by atoms with Crippen molar-refractivity contribution >= 4 is 23.0 Å². The second kappa shape index (κ2) is 7.45. The highest BCUT2D eigenvalue weighted by molar-refractivity contribution is 7.80. The summed E-state index contributed by atoms with van der Waals surface area (Å²) in [6.45, 7) is 7.53. The second-order valence-corrected chi connectivity index (χ2v) is 5.58. The van der Waals surface area contributed by atoms with Crippen LogP contribution in [0.4, 0.5) is 5.69 Å². The van der Waals surface area contributed by atoms with E-state index in [-0.39, 0.29) is 0 Å². The zero-order valence-electron chi connectivity index (χ0n) is 12.3.